The molecule has 0 saturated carbocycles. The highest BCUT2D eigenvalue weighted by atomic mass is 32.2. The summed E-state index contributed by atoms with van der Waals surface area (Å²) in [6.45, 7) is 12.5. The van der Waals surface area contributed by atoms with Crippen LogP contribution in [0.5, 0.6) is 0 Å². The van der Waals surface area contributed by atoms with Crippen molar-refractivity contribution in [3.63, 3.8) is 0 Å². The van der Waals surface area contributed by atoms with E-state index < -0.39 is 103 Å². The van der Waals surface area contributed by atoms with Gasteiger partial charge in [-0.25, -0.2) is 15.0 Å². The molecule has 0 aliphatic carbocycles. The Balaban J connectivity index is 0.990. The lowest BCUT2D eigenvalue weighted by Crippen LogP contribution is -2.60. The molecular formula is C83H62BN7S. The molecule has 9 heteroatoms. The van der Waals surface area contributed by atoms with E-state index in [2.05, 4.69) is 99.5 Å². The Morgan fingerprint density at radius 1 is 0.359 bits per heavy atom. The summed E-state index contributed by atoms with van der Waals surface area (Å²) in [5, 5.41) is 1.80. The summed E-state index contributed by atoms with van der Waals surface area (Å²) in [6, 6.07) is 48.1. The van der Waals surface area contributed by atoms with Crippen LogP contribution < -0.4 is 21.3 Å². The van der Waals surface area contributed by atoms with Gasteiger partial charge < -0.3 is 18.6 Å². The monoisotopic (exact) mass is 1220 g/mol. The van der Waals surface area contributed by atoms with Crippen molar-refractivity contribution in [2.75, 3.05) is 4.90 Å². The number of benzene rings is 12. The zero-order chi connectivity index (χ0) is 75.6. The quantitative estimate of drug-likeness (QED) is 0.149. The fraction of sp³-hybridized carbons (Fsp3) is 0.0964. The Bertz CT molecular complexity index is 6440. The molecule has 0 atom stereocenters. The Labute approximate surface area is 561 Å². The summed E-state index contributed by atoms with van der Waals surface area (Å²) in [7, 11) is 0. The van der Waals surface area contributed by atoms with E-state index in [0.29, 0.717) is 50.7 Å². The first-order valence-electron chi connectivity index (χ1n) is 38.6. The molecule has 16 aromatic rings. The van der Waals surface area contributed by atoms with E-state index in [9.17, 15) is 11.0 Å². The molecule has 7 nitrogen and oxygen atoms in total. The van der Waals surface area contributed by atoms with Crippen LogP contribution in [-0.4, -0.2) is 35.4 Å². The van der Waals surface area contributed by atoms with Gasteiger partial charge in [0.25, 0.3) is 0 Å². The van der Waals surface area contributed by atoms with Gasteiger partial charge in [0, 0.05) is 87.2 Å². The number of aromatic nitrogens is 6. The highest BCUT2D eigenvalue weighted by Gasteiger charge is 2.43. The Morgan fingerprint density at radius 2 is 0.793 bits per heavy atom. The van der Waals surface area contributed by atoms with Gasteiger partial charge in [0.15, 0.2) is 17.5 Å². The summed E-state index contributed by atoms with van der Waals surface area (Å²) in [4.78, 5) is 19.5. The van der Waals surface area contributed by atoms with Gasteiger partial charge in [0.1, 0.15) is 0 Å². The van der Waals surface area contributed by atoms with E-state index >= 15 is 0 Å². The zero-order valence-corrected chi connectivity index (χ0v) is 51.6. The van der Waals surface area contributed by atoms with Crippen LogP contribution in [0, 0.1) is 0 Å². The number of hydrogen-bond donors (Lipinski definition) is 0. The summed E-state index contributed by atoms with van der Waals surface area (Å²) in [6.07, 6.45) is 0. The minimum Gasteiger partial charge on any atom is -0.311 e. The van der Waals surface area contributed by atoms with Crippen LogP contribution in [0.15, 0.2) is 276 Å². The molecule has 6 heterocycles. The second-order valence-electron chi connectivity index (χ2n) is 25.6. The third kappa shape index (κ3) is 8.41. The molecule has 4 aromatic heterocycles. The smallest absolute Gasteiger partial charge is 0.249 e. The molecule has 2 aliphatic heterocycles. The maximum Gasteiger partial charge on any atom is 0.249 e. The van der Waals surface area contributed by atoms with Gasteiger partial charge in [-0.1, -0.05) is 228 Å². The lowest BCUT2D eigenvalue weighted by molar-refractivity contribution is 0.590. The number of nitrogens with zero attached hydrogens (tertiary/aromatic N) is 7. The molecule has 438 valence electrons. The first kappa shape index (κ1) is 40.1. The normalized spacial score (nSPS) is 15.5. The lowest BCUT2D eigenvalue weighted by Gasteiger charge is -2.41. The first-order chi connectivity index (χ1) is 51.5. The van der Waals surface area contributed by atoms with Crippen molar-refractivity contribution in [1.82, 2.24) is 28.7 Å². The summed E-state index contributed by atoms with van der Waals surface area (Å²) in [5.41, 5.74) is 11.2. The van der Waals surface area contributed by atoms with E-state index in [1.807, 2.05) is 109 Å². The number of para-hydroxylation sites is 5. The van der Waals surface area contributed by atoms with Crippen molar-refractivity contribution in [3.05, 3.63) is 278 Å². The fourth-order valence-electron chi connectivity index (χ4n) is 13.7. The van der Waals surface area contributed by atoms with Crippen LogP contribution in [-0.2, 0) is 10.8 Å². The Kier molecular flexibility index (Phi) is 8.89. The highest BCUT2D eigenvalue weighted by molar-refractivity contribution is 8.00. The Morgan fingerprint density at radius 3 is 1.32 bits per heavy atom. The van der Waals surface area contributed by atoms with Crippen LogP contribution in [0.2, 0.25) is 0 Å². The zero-order valence-electron chi connectivity index (χ0n) is 66.8. The van der Waals surface area contributed by atoms with Crippen molar-refractivity contribution in [2.24, 2.45) is 0 Å². The molecule has 0 amide bonds. The predicted molar refractivity (Wildman–Crippen MR) is 386 cm³/mol. The van der Waals surface area contributed by atoms with Gasteiger partial charge in [0.2, 0.25) is 6.71 Å². The first-order valence-corrected chi connectivity index (χ1v) is 31.4. The van der Waals surface area contributed by atoms with Crippen molar-refractivity contribution in [2.45, 2.75) is 62.2 Å². The van der Waals surface area contributed by atoms with Crippen LogP contribution in [0.1, 0.15) is 74.6 Å². The summed E-state index contributed by atoms with van der Waals surface area (Å²) < 4.78 is 153. The number of hydrogen-bond acceptors (Lipinski definition) is 5. The van der Waals surface area contributed by atoms with Gasteiger partial charge >= 0.3 is 0 Å². The highest BCUT2D eigenvalue weighted by Crippen LogP contribution is 2.49. The van der Waals surface area contributed by atoms with E-state index in [0.717, 1.165) is 71.0 Å². The second kappa shape index (κ2) is 20.4. The minimum absolute atomic E-state index is 0.0288. The van der Waals surface area contributed by atoms with Crippen LogP contribution >= 0.6 is 11.8 Å². The number of rotatable bonds is 7. The SMILES string of the molecule is [2H]c1c([2H])c([2H])c2c(c1[2H])c1c([2H])c([2H])c([2H])c([2H])c1n2-c1ccc2c(c1)Sc1cc(-n3c4ccc(C(C)(C)C)cc4c4cc(C(C)(C)C)ccc43)cc3c1B2c1ccc(-n2c4c([2H])c([2H])c([2H])c([2H])c4c4c([2H])c([2H])c([2H])c([2H])c42)cc1N3c1ccccc1-c1nc(-c2ccccc2)nc(-c2ccccc2)n1. The predicted octanol–water partition coefficient (Wildman–Crippen LogP) is 19.5. The van der Waals surface area contributed by atoms with E-state index in [4.69, 9.17) is 25.9 Å². The molecule has 18 rings (SSSR count). The molecule has 0 fully saturated rings. The van der Waals surface area contributed by atoms with Crippen LogP contribution in [0.4, 0.5) is 17.1 Å². The molecule has 0 N–H and O–H groups in total. The molecule has 92 heavy (non-hydrogen) atoms. The van der Waals surface area contributed by atoms with Gasteiger partial charge in [-0.15, -0.1) is 0 Å². The molecular weight excluding hydrogens is 1140 g/mol. The van der Waals surface area contributed by atoms with E-state index in [-0.39, 0.29) is 60.1 Å². The average molecular weight is 1220 g/mol. The average Bonchev–Trinajstić information content (AvgIpc) is 1.60. The van der Waals surface area contributed by atoms with Crippen molar-refractivity contribution in [3.8, 4) is 51.2 Å². The number of fused-ring (bicyclic) bond motifs is 13. The maximum absolute atomic E-state index is 9.71. The largest absolute Gasteiger partial charge is 0.311 e. The van der Waals surface area contributed by atoms with Crippen molar-refractivity contribution >= 4 is 117 Å². The Hall–Kier alpha value is -10.7. The summed E-state index contributed by atoms with van der Waals surface area (Å²) in [5.74, 6) is 1.16. The number of anilines is 3. The molecule has 2 aliphatic rings. The van der Waals surface area contributed by atoms with Gasteiger partial charge in [0.05, 0.1) is 60.7 Å². The standard InChI is InChI=1S/C83H62BN7S/c1-82(2,3)53-37-43-72-63(45-53)64-46-54(83(4,5)6)38-44-73(64)90(72)57-48-75-78-77(50-57)92-76-49-56(89-69-34-20-15-29-60(69)61-30-16-21-35-70(61)89)40-42-66(76)84(78)65-41-39-55(88-67-32-18-13-27-58(67)59-28-14-19-33-68(59)88)47-74(65)91(75)71-36-22-17-31-62(71)81-86-79(51-23-9-7-10-24-51)85-80(87-81)52-25-11-8-12-26-52/h7-50H,1-6H3/i13D,14D,15D,16D,18D,19D,20D,21D,27D,28D,29D,30D,32D,33D,34D,35D. The van der Waals surface area contributed by atoms with Crippen molar-refractivity contribution in [1.29, 1.82) is 0 Å². The maximum atomic E-state index is 9.71. The van der Waals surface area contributed by atoms with Crippen molar-refractivity contribution < 1.29 is 21.9 Å². The molecule has 12 aromatic carbocycles. The van der Waals surface area contributed by atoms with Gasteiger partial charge in [-0.2, -0.15) is 0 Å². The molecule has 0 bridgehead atoms. The molecule has 0 unspecified atom stereocenters. The molecule has 0 spiro atoms. The van der Waals surface area contributed by atoms with Crippen LogP contribution in [0.25, 0.3) is 117 Å². The fourth-order valence-corrected chi connectivity index (χ4v) is 15.0. The minimum atomic E-state index is -0.671. The van der Waals surface area contributed by atoms with Crippen LogP contribution in [0.3, 0.4) is 0 Å². The van der Waals surface area contributed by atoms with E-state index in [1.54, 1.807) is 12.1 Å². The molecule has 0 radical (unpaired) electrons. The second-order valence-corrected chi connectivity index (χ2v) is 26.7. The third-order valence-corrected chi connectivity index (χ3v) is 19.3. The lowest BCUT2D eigenvalue weighted by atomic mass is 9.35. The van der Waals surface area contributed by atoms with Gasteiger partial charge in [-0.05, 0) is 130 Å². The van der Waals surface area contributed by atoms with E-state index in [1.165, 1.54) is 20.9 Å². The molecule has 0 saturated heterocycles. The summed E-state index contributed by atoms with van der Waals surface area (Å²) >= 11 is 1.48. The third-order valence-electron chi connectivity index (χ3n) is 18.2. The van der Waals surface area contributed by atoms with Gasteiger partial charge in [-0.3, -0.25) is 0 Å². The topological polar surface area (TPSA) is 56.7 Å².